The summed E-state index contributed by atoms with van der Waals surface area (Å²) < 4.78 is 5.08. The lowest BCUT2D eigenvalue weighted by atomic mass is 9.91. The minimum absolute atomic E-state index is 0.513. The lowest BCUT2D eigenvalue weighted by Crippen LogP contribution is -2.33. The topological polar surface area (TPSA) is 25.2 Å². The molecule has 13 heavy (non-hydrogen) atoms. The van der Waals surface area contributed by atoms with Gasteiger partial charge in [0.25, 0.3) is 0 Å². The van der Waals surface area contributed by atoms with Crippen molar-refractivity contribution in [2.75, 3.05) is 7.05 Å². The molecule has 2 rings (SSSR count). The maximum absolute atomic E-state index is 5.08. The van der Waals surface area contributed by atoms with E-state index in [1.807, 2.05) is 13.3 Å². The van der Waals surface area contributed by atoms with Gasteiger partial charge in [-0.3, -0.25) is 0 Å². The Kier molecular flexibility index (Phi) is 2.16. The lowest BCUT2D eigenvalue weighted by molar-refractivity contribution is 0.368. The van der Waals surface area contributed by atoms with Crippen molar-refractivity contribution in [3.8, 4) is 0 Å². The Labute approximate surface area is 79.3 Å². The smallest absolute Gasteiger partial charge is 0.0934 e. The molecule has 0 saturated heterocycles. The van der Waals surface area contributed by atoms with Crippen LogP contribution in [0.1, 0.15) is 25.3 Å². The Hall–Kier alpha value is -0.760. The largest absolute Gasteiger partial charge is 0.472 e. The Morgan fingerprint density at radius 2 is 2.38 bits per heavy atom. The summed E-state index contributed by atoms with van der Waals surface area (Å²) in [6, 6.07) is 2.69. The first-order valence-electron chi connectivity index (χ1n) is 4.95. The van der Waals surface area contributed by atoms with Gasteiger partial charge >= 0.3 is 0 Å². The van der Waals surface area contributed by atoms with E-state index in [1.165, 1.54) is 18.4 Å². The van der Waals surface area contributed by atoms with Crippen LogP contribution >= 0.6 is 0 Å². The number of hydrogen-bond donors (Lipinski definition) is 1. The monoisotopic (exact) mass is 179 g/mol. The van der Waals surface area contributed by atoms with Crippen molar-refractivity contribution in [3.05, 3.63) is 24.2 Å². The zero-order valence-electron chi connectivity index (χ0n) is 8.34. The molecule has 1 atom stereocenters. The van der Waals surface area contributed by atoms with Crippen molar-refractivity contribution in [2.45, 2.75) is 32.2 Å². The SMILES string of the molecule is CNC(C)C1(Cc2ccoc2)CC1. The molecule has 0 bridgehead atoms. The van der Waals surface area contributed by atoms with E-state index >= 15 is 0 Å². The normalized spacial score (nSPS) is 21.4. The standard InChI is InChI=1S/C11H17NO/c1-9(12-2)11(4-5-11)7-10-3-6-13-8-10/h3,6,8-9,12H,4-5,7H2,1-2H3. The van der Waals surface area contributed by atoms with Crippen molar-refractivity contribution in [3.63, 3.8) is 0 Å². The highest BCUT2D eigenvalue weighted by molar-refractivity contribution is 5.14. The van der Waals surface area contributed by atoms with Crippen molar-refractivity contribution in [2.24, 2.45) is 5.41 Å². The molecular weight excluding hydrogens is 162 g/mol. The highest BCUT2D eigenvalue weighted by Gasteiger charge is 2.46. The minimum Gasteiger partial charge on any atom is -0.472 e. The molecule has 1 aromatic rings. The molecule has 1 N–H and O–H groups in total. The third kappa shape index (κ3) is 1.63. The van der Waals surface area contributed by atoms with Crippen LogP contribution in [0.4, 0.5) is 0 Å². The summed E-state index contributed by atoms with van der Waals surface area (Å²) in [6.07, 6.45) is 7.48. The number of furan rings is 1. The molecule has 1 heterocycles. The second kappa shape index (κ2) is 3.18. The van der Waals surface area contributed by atoms with E-state index in [0.717, 1.165) is 6.42 Å². The summed E-state index contributed by atoms with van der Waals surface area (Å²) >= 11 is 0. The molecule has 72 valence electrons. The maximum Gasteiger partial charge on any atom is 0.0934 e. The van der Waals surface area contributed by atoms with E-state index in [2.05, 4.69) is 18.3 Å². The van der Waals surface area contributed by atoms with Gasteiger partial charge in [0.2, 0.25) is 0 Å². The summed E-state index contributed by atoms with van der Waals surface area (Å²) in [5.74, 6) is 0. The van der Waals surface area contributed by atoms with Crippen molar-refractivity contribution < 1.29 is 4.42 Å². The third-order valence-electron chi connectivity index (χ3n) is 3.38. The zero-order valence-corrected chi connectivity index (χ0v) is 8.34. The Morgan fingerprint density at radius 1 is 1.62 bits per heavy atom. The second-order valence-corrected chi connectivity index (χ2v) is 4.18. The molecule has 1 saturated carbocycles. The molecule has 1 unspecified atom stereocenters. The number of hydrogen-bond acceptors (Lipinski definition) is 2. The van der Waals surface area contributed by atoms with E-state index < -0.39 is 0 Å². The molecule has 1 fully saturated rings. The highest BCUT2D eigenvalue weighted by atomic mass is 16.3. The van der Waals surface area contributed by atoms with Crippen molar-refractivity contribution in [1.82, 2.24) is 5.32 Å². The minimum atomic E-state index is 0.513. The van der Waals surface area contributed by atoms with Gasteiger partial charge in [-0.2, -0.15) is 0 Å². The van der Waals surface area contributed by atoms with Crippen LogP contribution in [0.5, 0.6) is 0 Å². The first-order valence-corrected chi connectivity index (χ1v) is 4.95. The van der Waals surface area contributed by atoms with E-state index in [-0.39, 0.29) is 0 Å². The van der Waals surface area contributed by atoms with Gasteiger partial charge in [-0.15, -0.1) is 0 Å². The van der Waals surface area contributed by atoms with Gasteiger partial charge in [-0.05, 0) is 50.3 Å². The fraction of sp³-hybridized carbons (Fsp3) is 0.636. The molecule has 2 nitrogen and oxygen atoms in total. The van der Waals surface area contributed by atoms with E-state index in [4.69, 9.17) is 4.42 Å². The molecule has 0 radical (unpaired) electrons. The van der Waals surface area contributed by atoms with E-state index in [9.17, 15) is 0 Å². The third-order valence-corrected chi connectivity index (χ3v) is 3.38. The summed E-state index contributed by atoms with van der Waals surface area (Å²) in [5.41, 5.74) is 1.85. The summed E-state index contributed by atoms with van der Waals surface area (Å²) in [5, 5.41) is 3.35. The second-order valence-electron chi connectivity index (χ2n) is 4.18. The van der Waals surface area contributed by atoms with Gasteiger partial charge in [0, 0.05) is 6.04 Å². The molecule has 2 heteroatoms. The van der Waals surface area contributed by atoms with Gasteiger partial charge in [0.15, 0.2) is 0 Å². The summed E-state index contributed by atoms with van der Waals surface area (Å²) in [6.45, 7) is 2.27. The Morgan fingerprint density at radius 3 is 2.85 bits per heavy atom. The van der Waals surface area contributed by atoms with E-state index in [1.54, 1.807) is 6.26 Å². The van der Waals surface area contributed by atoms with Gasteiger partial charge in [-0.1, -0.05) is 0 Å². The Balaban J connectivity index is 2.01. The van der Waals surface area contributed by atoms with Crippen LogP contribution in [0.25, 0.3) is 0 Å². The predicted molar refractivity (Wildman–Crippen MR) is 52.6 cm³/mol. The Bertz CT molecular complexity index is 262. The first kappa shape index (κ1) is 8.82. The number of nitrogens with one attached hydrogen (secondary N) is 1. The maximum atomic E-state index is 5.08. The molecule has 0 spiro atoms. The molecule has 1 aliphatic carbocycles. The molecule has 1 aromatic heterocycles. The quantitative estimate of drug-likeness (QED) is 0.766. The number of rotatable bonds is 4. The lowest BCUT2D eigenvalue weighted by Gasteiger charge is -2.22. The van der Waals surface area contributed by atoms with Gasteiger partial charge in [-0.25, -0.2) is 0 Å². The van der Waals surface area contributed by atoms with Gasteiger partial charge in [0.05, 0.1) is 12.5 Å². The van der Waals surface area contributed by atoms with Crippen LogP contribution in [0.3, 0.4) is 0 Å². The van der Waals surface area contributed by atoms with Crippen LogP contribution in [-0.2, 0) is 6.42 Å². The van der Waals surface area contributed by atoms with Crippen LogP contribution in [-0.4, -0.2) is 13.1 Å². The molecule has 0 amide bonds. The average molecular weight is 179 g/mol. The first-order chi connectivity index (χ1) is 6.27. The van der Waals surface area contributed by atoms with Gasteiger partial charge in [0.1, 0.15) is 0 Å². The predicted octanol–water partition coefficient (Wildman–Crippen LogP) is 2.21. The van der Waals surface area contributed by atoms with E-state index in [0.29, 0.717) is 11.5 Å². The van der Waals surface area contributed by atoms with Crippen molar-refractivity contribution in [1.29, 1.82) is 0 Å². The molecule has 1 aliphatic rings. The van der Waals surface area contributed by atoms with Crippen LogP contribution < -0.4 is 5.32 Å². The summed E-state index contributed by atoms with van der Waals surface area (Å²) in [4.78, 5) is 0. The van der Waals surface area contributed by atoms with Crippen molar-refractivity contribution >= 4 is 0 Å². The molecular formula is C11H17NO. The highest BCUT2D eigenvalue weighted by Crippen LogP contribution is 2.51. The molecule has 0 aliphatic heterocycles. The van der Waals surface area contributed by atoms with Crippen LogP contribution in [0.15, 0.2) is 23.0 Å². The zero-order chi connectivity index (χ0) is 9.31. The van der Waals surface area contributed by atoms with Crippen LogP contribution in [0.2, 0.25) is 0 Å². The fourth-order valence-electron chi connectivity index (χ4n) is 2.03. The summed E-state index contributed by atoms with van der Waals surface area (Å²) in [7, 11) is 2.04. The van der Waals surface area contributed by atoms with Crippen LogP contribution in [0, 0.1) is 5.41 Å². The van der Waals surface area contributed by atoms with Gasteiger partial charge < -0.3 is 9.73 Å². The molecule has 0 aromatic carbocycles. The average Bonchev–Trinajstić information content (AvgIpc) is 2.73. The fourth-order valence-corrected chi connectivity index (χ4v) is 2.03.